The van der Waals surface area contributed by atoms with Crippen LogP contribution < -0.4 is 9.47 Å². The molecule has 0 saturated heterocycles. The van der Waals surface area contributed by atoms with Crippen LogP contribution in [-0.2, 0) is 0 Å². The number of hydrogen-bond acceptors (Lipinski definition) is 3. The Bertz CT molecular complexity index is 1030. The van der Waals surface area contributed by atoms with Crippen LogP contribution in [0.25, 0.3) is 22.4 Å². The lowest BCUT2D eigenvalue weighted by Crippen LogP contribution is -1.99. The third-order valence-corrected chi connectivity index (χ3v) is 4.70. The molecule has 0 bridgehead atoms. The predicted molar refractivity (Wildman–Crippen MR) is 114 cm³/mol. The van der Waals surface area contributed by atoms with Crippen LogP contribution in [0.1, 0.15) is 25.0 Å². The van der Waals surface area contributed by atoms with Gasteiger partial charge in [0.05, 0.1) is 29.3 Å². The predicted octanol–water partition coefficient (Wildman–Crippen LogP) is 6.46. The average Bonchev–Trinajstić information content (AvgIpc) is 2.68. The minimum absolute atomic E-state index is 0.537. The SMILES string of the molecule is CCOc1cc(C=C(C#N)c2ccc3ccccc3c2)cc(Br)c1OCC. The molecule has 0 amide bonds. The quantitative estimate of drug-likeness (QED) is 0.338. The van der Waals surface area contributed by atoms with Gasteiger partial charge in [0.1, 0.15) is 0 Å². The van der Waals surface area contributed by atoms with Crippen molar-refractivity contribution in [3.63, 3.8) is 0 Å². The maximum Gasteiger partial charge on any atom is 0.175 e. The van der Waals surface area contributed by atoms with Gasteiger partial charge in [0.2, 0.25) is 0 Å². The number of hydrogen-bond donors (Lipinski definition) is 0. The van der Waals surface area contributed by atoms with Gasteiger partial charge in [-0.2, -0.15) is 5.26 Å². The van der Waals surface area contributed by atoms with Crippen LogP contribution in [0.4, 0.5) is 0 Å². The van der Waals surface area contributed by atoms with Crippen LogP contribution in [0.5, 0.6) is 11.5 Å². The zero-order chi connectivity index (χ0) is 19.2. The normalized spacial score (nSPS) is 11.3. The lowest BCUT2D eigenvalue weighted by molar-refractivity contribution is 0.286. The molecule has 0 aromatic heterocycles. The topological polar surface area (TPSA) is 42.2 Å². The lowest BCUT2D eigenvalue weighted by Gasteiger charge is -2.13. The van der Waals surface area contributed by atoms with E-state index in [4.69, 9.17) is 9.47 Å². The smallest absolute Gasteiger partial charge is 0.175 e. The molecule has 0 aliphatic heterocycles. The summed E-state index contributed by atoms with van der Waals surface area (Å²) in [6.45, 7) is 4.95. The molecule has 3 rings (SSSR count). The molecule has 0 N–H and O–H groups in total. The Morgan fingerprint density at radius 3 is 2.44 bits per heavy atom. The molecule has 0 aliphatic carbocycles. The van der Waals surface area contributed by atoms with Gasteiger partial charge >= 0.3 is 0 Å². The number of nitrogens with zero attached hydrogens (tertiary/aromatic N) is 1. The average molecular weight is 422 g/mol. The molecule has 0 heterocycles. The molecule has 3 nitrogen and oxygen atoms in total. The fraction of sp³-hybridized carbons (Fsp3) is 0.174. The molecule has 0 saturated carbocycles. The maximum absolute atomic E-state index is 9.71. The van der Waals surface area contributed by atoms with E-state index in [1.807, 2.05) is 62.4 Å². The molecule has 27 heavy (non-hydrogen) atoms. The highest BCUT2D eigenvalue weighted by Gasteiger charge is 2.12. The van der Waals surface area contributed by atoms with Gasteiger partial charge < -0.3 is 9.47 Å². The van der Waals surface area contributed by atoms with Crippen molar-refractivity contribution in [3.05, 3.63) is 70.2 Å². The minimum atomic E-state index is 0.537. The number of ether oxygens (including phenoxy) is 2. The van der Waals surface area contributed by atoms with E-state index in [0.717, 1.165) is 26.4 Å². The molecule has 3 aromatic rings. The summed E-state index contributed by atoms with van der Waals surface area (Å²) in [5.41, 5.74) is 2.36. The summed E-state index contributed by atoms with van der Waals surface area (Å²) in [6.07, 6.45) is 1.87. The van der Waals surface area contributed by atoms with Crippen molar-refractivity contribution in [3.8, 4) is 17.6 Å². The number of allylic oxidation sites excluding steroid dienone is 1. The number of rotatable bonds is 6. The van der Waals surface area contributed by atoms with E-state index in [0.29, 0.717) is 30.3 Å². The Balaban J connectivity index is 2.05. The first-order valence-corrected chi connectivity index (χ1v) is 9.65. The fourth-order valence-corrected chi connectivity index (χ4v) is 3.50. The van der Waals surface area contributed by atoms with Crippen LogP contribution in [0.3, 0.4) is 0 Å². The van der Waals surface area contributed by atoms with Crippen molar-refractivity contribution >= 4 is 38.4 Å². The second-order valence-electron chi connectivity index (χ2n) is 5.93. The Kier molecular flexibility index (Phi) is 6.16. The Morgan fingerprint density at radius 2 is 1.74 bits per heavy atom. The monoisotopic (exact) mass is 421 g/mol. The van der Waals surface area contributed by atoms with Crippen molar-refractivity contribution in [2.45, 2.75) is 13.8 Å². The zero-order valence-electron chi connectivity index (χ0n) is 15.3. The molecule has 0 spiro atoms. The van der Waals surface area contributed by atoms with Crippen LogP contribution in [-0.4, -0.2) is 13.2 Å². The second kappa shape index (κ2) is 8.75. The van der Waals surface area contributed by atoms with Gasteiger partial charge in [0, 0.05) is 0 Å². The van der Waals surface area contributed by atoms with Gasteiger partial charge in [-0.25, -0.2) is 0 Å². The standard InChI is InChI=1S/C23H20BrNO2/c1-3-26-22-13-16(12-21(24)23(22)27-4-2)11-20(15-25)19-10-9-17-7-5-6-8-18(17)14-19/h5-14H,3-4H2,1-2H3. The molecule has 0 fully saturated rings. The number of nitriles is 1. The first-order chi connectivity index (χ1) is 13.2. The molecule has 136 valence electrons. The molecule has 0 unspecified atom stereocenters. The highest BCUT2D eigenvalue weighted by molar-refractivity contribution is 9.10. The van der Waals surface area contributed by atoms with E-state index >= 15 is 0 Å². The molecular weight excluding hydrogens is 402 g/mol. The summed E-state index contributed by atoms with van der Waals surface area (Å²) in [6, 6.07) is 20.3. The van der Waals surface area contributed by atoms with Gasteiger partial charge in [-0.1, -0.05) is 36.4 Å². The number of halogens is 1. The summed E-state index contributed by atoms with van der Waals surface area (Å²) < 4.78 is 12.2. The van der Waals surface area contributed by atoms with E-state index in [1.165, 1.54) is 0 Å². The van der Waals surface area contributed by atoms with E-state index in [2.05, 4.69) is 34.1 Å². The molecular formula is C23H20BrNO2. The van der Waals surface area contributed by atoms with E-state index < -0.39 is 0 Å². The molecule has 4 heteroatoms. The van der Waals surface area contributed by atoms with Crippen LogP contribution in [0.2, 0.25) is 0 Å². The largest absolute Gasteiger partial charge is 0.490 e. The first-order valence-electron chi connectivity index (χ1n) is 8.86. The van der Waals surface area contributed by atoms with Gasteiger partial charge in [-0.15, -0.1) is 0 Å². The van der Waals surface area contributed by atoms with Crippen molar-refractivity contribution < 1.29 is 9.47 Å². The molecule has 0 atom stereocenters. The summed E-state index contributed by atoms with van der Waals surface area (Å²) in [5, 5.41) is 12.0. The number of fused-ring (bicyclic) bond motifs is 1. The van der Waals surface area contributed by atoms with Gasteiger partial charge in [0.15, 0.2) is 11.5 Å². The van der Waals surface area contributed by atoms with Crippen molar-refractivity contribution in [2.75, 3.05) is 13.2 Å². The number of benzene rings is 3. The summed E-state index contributed by atoms with van der Waals surface area (Å²) >= 11 is 3.55. The summed E-state index contributed by atoms with van der Waals surface area (Å²) in [4.78, 5) is 0. The first kappa shape index (κ1) is 19.0. The summed E-state index contributed by atoms with van der Waals surface area (Å²) in [5.74, 6) is 1.34. The zero-order valence-corrected chi connectivity index (χ0v) is 16.9. The highest BCUT2D eigenvalue weighted by atomic mass is 79.9. The van der Waals surface area contributed by atoms with Crippen LogP contribution >= 0.6 is 15.9 Å². The van der Waals surface area contributed by atoms with Crippen molar-refractivity contribution in [2.24, 2.45) is 0 Å². The third-order valence-electron chi connectivity index (χ3n) is 4.11. The van der Waals surface area contributed by atoms with E-state index in [1.54, 1.807) is 0 Å². The van der Waals surface area contributed by atoms with Gasteiger partial charge in [-0.05, 0) is 76.0 Å². The fourth-order valence-electron chi connectivity index (χ4n) is 2.92. The minimum Gasteiger partial charge on any atom is -0.490 e. The molecule has 0 aliphatic rings. The van der Waals surface area contributed by atoms with Crippen LogP contribution in [0.15, 0.2) is 59.1 Å². The van der Waals surface area contributed by atoms with Gasteiger partial charge in [-0.3, -0.25) is 0 Å². The summed E-state index contributed by atoms with van der Waals surface area (Å²) in [7, 11) is 0. The van der Waals surface area contributed by atoms with Crippen molar-refractivity contribution in [1.82, 2.24) is 0 Å². The third kappa shape index (κ3) is 4.32. The second-order valence-corrected chi connectivity index (χ2v) is 6.78. The Labute approximate surface area is 168 Å². The Morgan fingerprint density at radius 1 is 1.00 bits per heavy atom. The molecule has 3 aromatic carbocycles. The highest BCUT2D eigenvalue weighted by Crippen LogP contribution is 2.38. The molecule has 0 radical (unpaired) electrons. The lowest BCUT2D eigenvalue weighted by atomic mass is 10.00. The van der Waals surface area contributed by atoms with Crippen molar-refractivity contribution in [1.29, 1.82) is 5.26 Å². The Hall–Kier alpha value is -2.77. The van der Waals surface area contributed by atoms with E-state index in [9.17, 15) is 5.26 Å². The maximum atomic E-state index is 9.71. The van der Waals surface area contributed by atoms with Crippen LogP contribution in [0, 0.1) is 11.3 Å². The van der Waals surface area contributed by atoms with Gasteiger partial charge in [0.25, 0.3) is 0 Å². The van der Waals surface area contributed by atoms with E-state index in [-0.39, 0.29) is 0 Å².